The number of carbonyl (C=O) groups is 3. The third-order valence-corrected chi connectivity index (χ3v) is 9.34. The third kappa shape index (κ3) is 20.0. The number of ether oxygens (including phenoxy) is 7. The van der Waals surface area contributed by atoms with Crippen LogP contribution in [-0.4, -0.2) is 180 Å². The highest BCUT2D eigenvalue weighted by Gasteiger charge is 2.34. The van der Waals surface area contributed by atoms with E-state index in [1.165, 1.54) is 14.2 Å². The number of benzene rings is 1. The maximum Gasteiger partial charge on any atom is 0.325 e. The lowest BCUT2D eigenvalue weighted by atomic mass is 10.0. The Labute approximate surface area is 335 Å². The summed E-state index contributed by atoms with van der Waals surface area (Å²) in [6.07, 6.45) is 1.83. The Kier molecular flexibility index (Phi) is 23.0. The normalized spacial score (nSPS) is 17.6. The molecule has 56 heavy (non-hydrogen) atoms. The summed E-state index contributed by atoms with van der Waals surface area (Å²) in [5.74, 6) is -0.980. The zero-order valence-corrected chi connectivity index (χ0v) is 35.6. The molecule has 2 N–H and O–H groups in total. The van der Waals surface area contributed by atoms with Gasteiger partial charge in [-0.05, 0) is 85.4 Å². The van der Waals surface area contributed by atoms with Gasteiger partial charge in [-0.15, -0.1) is 0 Å². The molecule has 0 radical (unpaired) electrons. The lowest BCUT2D eigenvalue weighted by Crippen LogP contribution is -2.56. The van der Waals surface area contributed by atoms with Crippen LogP contribution in [0.25, 0.3) is 0 Å². The number of carbonyl (C=O) groups excluding carboxylic acids is 2. The second-order valence-electron chi connectivity index (χ2n) is 15.8. The van der Waals surface area contributed by atoms with E-state index >= 15 is 0 Å². The van der Waals surface area contributed by atoms with Crippen LogP contribution in [0.2, 0.25) is 0 Å². The van der Waals surface area contributed by atoms with Crippen molar-refractivity contribution in [3.63, 3.8) is 0 Å². The van der Waals surface area contributed by atoms with Crippen molar-refractivity contribution in [2.75, 3.05) is 113 Å². The zero-order valence-electron chi connectivity index (χ0n) is 35.6. The largest absolute Gasteiger partial charge is 0.491 e. The smallest absolute Gasteiger partial charge is 0.325 e. The molecule has 1 aliphatic heterocycles. The molecule has 1 aliphatic rings. The first-order valence-corrected chi connectivity index (χ1v) is 20.0. The van der Waals surface area contributed by atoms with Crippen molar-refractivity contribution >= 4 is 17.9 Å². The maximum absolute atomic E-state index is 13.3. The number of aryl methyl sites for hydroxylation is 1. The van der Waals surface area contributed by atoms with Gasteiger partial charge in [0.2, 0.25) is 0 Å². The summed E-state index contributed by atoms with van der Waals surface area (Å²) >= 11 is 0. The Morgan fingerprint density at radius 1 is 0.696 bits per heavy atom. The highest BCUT2D eigenvalue weighted by molar-refractivity contribution is 5.76. The van der Waals surface area contributed by atoms with Gasteiger partial charge in [-0.3, -0.25) is 29.1 Å². The predicted octanol–water partition coefficient (Wildman–Crippen LogP) is 3.12. The van der Waals surface area contributed by atoms with Crippen molar-refractivity contribution < 1.29 is 52.6 Å². The molecule has 0 aromatic heterocycles. The van der Waals surface area contributed by atoms with Crippen molar-refractivity contribution in [3.05, 3.63) is 29.8 Å². The summed E-state index contributed by atoms with van der Waals surface area (Å²) in [6, 6.07) is 5.71. The number of esters is 2. The van der Waals surface area contributed by atoms with E-state index in [1.54, 1.807) is 0 Å². The summed E-state index contributed by atoms with van der Waals surface area (Å²) in [6.45, 7) is 20.0. The average Bonchev–Trinajstić information content (AvgIpc) is 3.14. The highest BCUT2D eigenvalue weighted by Crippen LogP contribution is 2.18. The fourth-order valence-corrected chi connectivity index (χ4v) is 6.23. The van der Waals surface area contributed by atoms with Crippen molar-refractivity contribution in [2.45, 2.75) is 97.1 Å². The summed E-state index contributed by atoms with van der Waals surface area (Å²) in [5.41, 5.74) is 0.120. The average molecular weight is 797 g/mol. The van der Waals surface area contributed by atoms with E-state index in [9.17, 15) is 19.5 Å². The zero-order chi connectivity index (χ0) is 41.6. The Bertz CT molecular complexity index is 1260. The second-order valence-corrected chi connectivity index (χ2v) is 15.8. The van der Waals surface area contributed by atoms with E-state index in [-0.39, 0.29) is 13.2 Å². The van der Waals surface area contributed by atoms with Gasteiger partial charge in [0.05, 0.1) is 58.5 Å². The van der Waals surface area contributed by atoms with E-state index in [0.29, 0.717) is 105 Å². The van der Waals surface area contributed by atoms with Crippen LogP contribution >= 0.6 is 0 Å². The number of carboxylic acids is 1. The second kappa shape index (κ2) is 26.2. The topological polar surface area (TPSA) is 158 Å². The van der Waals surface area contributed by atoms with E-state index in [0.717, 1.165) is 11.3 Å². The molecular weight excluding hydrogens is 724 g/mol. The fraction of sp³-hybridized carbons (Fsp3) is 0.780. The Hall–Kier alpha value is -2.89. The number of hydrogen-bond donors (Lipinski definition) is 2. The minimum Gasteiger partial charge on any atom is -0.491 e. The van der Waals surface area contributed by atoms with Gasteiger partial charge in [-0.25, -0.2) is 0 Å². The number of methoxy groups -OCH3 is 2. The van der Waals surface area contributed by atoms with Gasteiger partial charge in [-0.1, -0.05) is 12.1 Å². The van der Waals surface area contributed by atoms with Crippen LogP contribution in [0, 0.1) is 0 Å². The van der Waals surface area contributed by atoms with Crippen LogP contribution in [0.3, 0.4) is 0 Å². The fourth-order valence-electron chi connectivity index (χ4n) is 6.23. The first kappa shape index (κ1) is 49.3. The van der Waals surface area contributed by atoms with Gasteiger partial charge in [0, 0.05) is 59.0 Å². The molecular formula is C41H72N4O11. The van der Waals surface area contributed by atoms with E-state index in [4.69, 9.17) is 33.2 Å². The quantitative estimate of drug-likeness (QED) is 0.130. The molecule has 0 spiro atoms. The Morgan fingerprint density at radius 2 is 1.16 bits per heavy atom. The molecule has 15 nitrogen and oxygen atoms in total. The van der Waals surface area contributed by atoms with Crippen LogP contribution in [0.5, 0.6) is 5.75 Å². The summed E-state index contributed by atoms with van der Waals surface area (Å²) < 4.78 is 39.2. The molecule has 322 valence electrons. The SMILES string of the molecule is CCOCCOCCOc1ccc(CCCC(C(=O)O)N2CCNCCN(C(COC(C)(C)C)C(=O)OC)CCN(C(COC(C)(C)C)C(=O)OC)CC2)cc1. The predicted molar refractivity (Wildman–Crippen MR) is 214 cm³/mol. The Morgan fingerprint density at radius 3 is 1.62 bits per heavy atom. The molecule has 3 atom stereocenters. The number of nitrogens with one attached hydrogen (secondary N) is 1. The Balaban J connectivity index is 2.21. The van der Waals surface area contributed by atoms with E-state index in [1.807, 2.05) is 87.4 Å². The van der Waals surface area contributed by atoms with Crippen LogP contribution < -0.4 is 10.1 Å². The molecule has 1 heterocycles. The summed E-state index contributed by atoms with van der Waals surface area (Å²) in [5, 5.41) is 14.0. The highest BCUT2D eigenvalue weighted by atomic mass is 16.5. The van der Waals surface area contributed by atoms with Gasteiger partial charge >= 0.3 is 17.9 Å². The van der Waals surface area contributed by atoms with Gasteiger partial charge in [0.1, 0.15) is 30.5 Å². The van der Waals surface area contributed by atoms with Crippen LogP contribution in [0.4, 0.5) is 0 Å². The summed E-state index contributed by atoms with van der Waals surface area (Å²) in [7, 11) is 2.72. The number of nitrogens with zero attached hydrogens (tertiary/aromatic N) is 3. The van der Waals surface area contributed by atoms with Crippen LogP contribution in [-0.2, 0) is 49.2 Å². The van der Waals surface area contributed by atoms with Gasteiger partial charge in [0.15, 0.2) is 0 Å². The molecule has 1 fully saturated rings. The summed E-state index contributed by atoms with van der Waals surface area (Å²) in [4.78, 5) is 45.2. The van der Waals surface area contributed by atoms with Crippen LogP contribution in [0.1, 0.15) is 66.9 Å². The lowest BCUT2D eigenvalue weighted by molar-refractivity contribution is -0.155. The van der Waals surface area contributed by atoms with Crippen molar-refractivity contribution in [1.29, 1.82) is 0 Å². The molecule has 15 heteroatoms. The molecule has 2 rings (SSSR count). The molecule has 0 saturated carbocycles. The number of hydrogen-bond acceptors (Lipinski definition) is 14. The minimum absolute atomic E-state index is 0.0831. The first-order valence-electron chi connectivity index (χ1n) is 20.0. The van der Waals surface area contributed by atoms with Gasteiger partial charge in [-0.2, -0.15) is 0 Å². The molecule has 1 aromatic carbocycles. The third-order valence-electron chi connectivity index (χ3n) is 9.34. The monoisotopic (exact) mass is 797 g/mol. The van der Waals surface area contributed by atoms with Gasteiger partial charge in [0.25, 0.3) is 0 Å². The first-order chi connectivity index (χ1) is 26.6. The van der Waals surface area contributed by atoms with E-state index < -0.39 is 47.2 Å². The number of aliphatic carboxylic acids is 1. The standard InChI is InChI=1S/C41H72N4O11/c1-10-52-26-27-53-28-29-54-33-16-14-32(15-17-33)12-11-13-34(37(46)47)43-20-18-42-19-21-44(35(38(48)50-8)30-55-40(2,3)4)23-25-45(24-22-43)36(39(49)51-9)31-56-41(5,6)7/h14-17,34-36,42H,10-13,18-31H2,1-9H3,(H,46,47). The minimum atomic E-state index is -0.887. The van der Waals surface area contributed by atoms with Crippen molar-refractivity contribution in [2.24, 2.45) is 0 Å². The molecule has 0 bridgehead atoms. The molecule has 1 saturated heterocycles. The maximum atomic E-state index is 13.3. The molecule has 0 amide bonds. The molecule has 1 aromatic rings. The van der Waals surface area contributed by atoms with Gasteiger partial charge < -0.3 is 43.6 Å². The lowest BCUT2D eigenvalue weighted by Gasteiger charge is -2.38. The number of carboxylic acid groups (broad SMARTS) is 1. The van der Waals surface area contributed by atoms with Crippen molar-refractivity contribution in [3.8, 4) is 5.75 Å². The van der Waals surface area contributed by atoms with Crippen molar-refractivity contribution in [1.82, 2.24) is 20.0 Å². The molecule has 3 unspecified atom stereocenters. The number of rotatable bonds is 22. The van der Waals surface area contributed by atoms with Crippen LogP contribution in [0.15, 0.2) is 24.3 Å². The van der Waals surface area contributed by atoms with E-state index in [2.05, 4.69) is 5.32 Å². The molecule has 0 aliphatic carbocycles.